The minimum atomic E-state index is -3.42. The second kappa shape index (κ2) is 7.94. The summed E-state index contributed by atoms with van der Waals surface area (Å²) in [6, 6.07) is 10.6. The van der Waals surface area contributed by atoms with Gasteiger partial charge in [-0.05, 0) is 45.8 Å². The van der Waals surface area contributed by atoms with Crippen LogP contribution < -0.4 is 10.1 Å². The summed E-state index contributed by atoms with van der Waals surface area (Å²) in [6.07, 6.45) is -0.0676. The Morgan fingerprint density at radius 3 is 2.74 bits per heavy atom. The number of methoxy groups -OCH3 is 1. The largest absolute Gasteiger partial charge is 0.497 e. The number of hydrogen-bond donors (Lipinski definition) is 1. The quantitative estimate of drug-likeness (QED) is 0.751. The minimum Gasteiger partial charge on any atom is -0.497 e. The van der Waals surface area contributed by atoms with Gasteiger partial charge < -0.3 is 10.1 Å². The van der Waals surface area contributed by atoms with Crippen LogP contribution in [0, 0.1) is 0 Å². The molecular formula is C15H16BrNO4S2. The Hall–Kier alpha value is -1.38. The van der Waals surface area contributed by atoms with Gasteiger partial charge in [0.2, 0.25) is 5.91 Å². The summed E-state index contributed by atoms with van der Waals surface area (Å²) in [5.74, 6) is 0.207. The number of sulfone groups is 1. The van der Waals surface area contributed by atoms with Gasteiger partial charge in [0.05, 0.1) is 16.6 Å². The van der Waals surface area contributed by atoms with Gasteiger partial charge in [-0.2, -0.15) is 0 Å². The number of rotatable bonds is 7. The van der Waals surface area contributed by atoms with Crippen molar-refractivity contribution in [2.45, 2.75) is 17.2 Å². The van der Waals surface area contributed by atoms with Gasteiger partial charge in [-0.1, -0.05) is 12.1 Å². The average Bonchev–Trinajstić information content (AvgIpc) is 2.98. The highest BCUT2D eigenvalue weighted by molar-refractivity contribution is 9.11. The molecule has 0 aliphatic carbocycles. The molecule has 0 aliphatic heterocycles. The van der Waals surface area contributed by atoms with E-state index in [4.69, 9.17) is 4.74 Å². The Balaban J connectivity index is 1.85. The Kier molecular flexibility index (Phi) is 6.20. The van der Waals surface area contributed by atoms with Crippen molar-refractivity contribution in [1.29, 1.82) is 0 Å². The maximum absolute atomic E-state index is 12.1. The molecule has 0 fully saturated rings. The average molecular weight is 418 g/mol. The minimum absolute atomic E-state index is 0.0676. The number of halogens is 1. The van der Waals surface area contributed by atoms with Crippen molar-refractivity contribution in [2.24, 2.45) is 0 Å². The van der Waals surface area contributed by atoms with E-state index >= 15 is 0 Å². The van der Waals surface area contributed by atoms with Crippen molar-refractivity contribution in [3.05, 3.63) is 45.7 Å². The van der Waals surface area contributed by atoms with Gasteiger partial charge in [-0.15, -0.1) is 11.3 Å². The highest BCUT2D eigenvalue weighted by atomic mass is 79.9. The predicted molar refractivity (Wildman–Crippen MR) is 93.5 cm³/mol. The lowest BCUT2D eigenvalue weighted by atomic mass is 10.2. The molecule has 0 radical (unpaired) electrons. The predicted octanol–water partition coefficient (Wildman–Crippen LogP) is 3.00. The zero-order chi connectivity index (χ0) is 16.9. The van der Waals surface area contributed by atoms with E-state index in [2.05, 4.69) is 21.2 Å². The molecule has 1 amide bonds. The molecule has 0 spiro atoms. The molecule has 1 aromatic heterocycles. The third-order valence-electron chi connectivity index (χ3n) is 3.08. The molecular weight excluding hydrogens is 402 g/mol. The topological polar surface area (TPSA) is 72.5 Å². The normalized spacial score (nSPS) is 11.2. The number of carbonyl (C=O) groups is 1. The van der Waals surface area contributed by atoms with Crippen LogP contribution in [-0.2, 0) is 21.2 Å². The first kappa shape index (κ1) is 18.0. The molecule has 0 aliphatic rings. The van der Waals surface area contributed by atoms with E-state index in [9.17, 15) is 13.2 Å². The lowest BCUT2D eigenvalue weighted by molar-refractivity contribution is -0.120. The van der Waals surface area contributed by atoms with E-state index in [1.165, 1.54) is 6.07 Å². The van der Waals surface area contributed by atoms with Gasteiger partial charge in [0, 0.05) is 13.0 Å². The van der Waals surface area contributed by atoms with Crippen LogP contribution in [0.25, 0.3) is 0 Å². The fraction of sp³-hybridized carbons (Fsp3) is 0.267. The van der Waals surface area contributed by atoms with Gasteiger partial charge in [0.25, 0.3) is 0 Å². The van der Waals surface area contributed by atoms with Crippen LogP contribution in [0.2, 0.25) is 0 Å². The van der Waals surface area contributed by atoms with E-state index < -0.39 is 9.84 Å². The van der Waals surface area contributed by atoms with Crippen LogP contribution in [0.5, 0.6) is 5.75 Å². The SMILES string of the molecule is COc1cccc(CNC(=O)CCS(=O)(=O)c2ccc(Br)s2)c1. The molecule has 0 atom stereocenters. The molecule has 1 aromatic carbocycles. The first-order valence-corrected chi connectivity index (χ1v) is 10.0. The standard InChI is InChI=1S/C15H16BrNO4S2/c1-21-12-4-2-3-11(9-12)10-17-14(18)7-8-23(19,20)15-6-5-13(16)22-15/h2-6,9H,7-8,10H2,1H3,(H,17,18). The van der Waals surface area contributed by atoms with E-state index in [-0.39, 0.29) is 22.3 Å². The van der Waals surface area contributed by atoms with E-state index in [0.717, 1.165) is 20.7 Å². The number of carbonyl (C=O) groups excluding carboxylic acids is 1. The Morgan fingerprint density at radius 2 is 2.09 bits per heavy atom. The monoisotopic (exact) mass is 417 g/mol. The van der Waals surface area contributed by atoms with Gasteiger partial charge in [-0.3, -0.25) is 4.79 Å². The van der Waals surface area contributed by atoms with Crippen molar-refractivity contribution in [1.82, 2.24) is 5.32 Å². The van der Waals surface area contributed by atoms with Crippen molar-refractivity contribution >= 4 is 43.0 Å². The summed E-state index contributed by atoms with van der Waals surface area (Å²) in [7, 11) is -1.85. The van der Waals surface area contributed by atoms with Crippen LogP contribution >= 0.6 is 27.3 Å². The molecule has 8 heteroatoms. The molecule has 0 saturated heterocycles. The molecule has 0 bridgehead atoms. The van der Waals surface area contributed by atoms with E-state index in [0.29, 0.717) is 12.3 Å². The summed E-state index contributed by atoms with van der Waals surface area (Å²) in [4.78, 5) is 11.8. The smallest absolute Gasteiger partial charge is 0.221 e. The second-order valence-corrected chi connectivity index (χ2v) is 9.55. The number of benzene rings is 1. The molecule has 2 rings (SSSR count). The van der Waals surface area contributed by atoms with Gasteiger partial charge in [0.1, 0.15) is 9.96 Å². The maximum atomic E-state index is 12.1. The molecule has 0 saturated carbocycles. The lowest BCUT2D eigenvalue weighted by Gasteiger charge is -2.07. The number of nitrogens with one attached hydrogen (secondary N) is 1. The Bertz CT molecular complexity index is 786. The number of ether oxygens (including phenoxy) is 1. The molecule has 2 aromatic rings. The summed E-state index contributed by atoms with van der Waals surface area (Å²) in [6.45, 7) is 0.334. The zero-order valence-corrected chi connectivity index (χ0v) is 15.6. The van der Waals surface area contributed by atoms with Crippen molar-refractivity contribution in [3.63, 3.8) is 0 Å². The van der Waals surface area contributed by atoms with Crippen LogP contribution in [-0.4, -0.2) is 27.2 Å². The lowest BCUT2D eigenvalue weighted by Crippen LogP contribution is -2.25. The third-order valence-corrected chi connectivity index (χ3v) is 7.00. The summed E-state index contributed by atoms with van der Waals surface area (Å²) < 4.78 is 30.3. The number of amides is 1. The number of thiophene rings is 1. The zero-order valence-electron chi connectivity index (χ0n) is 12.4. The Labute approximate surface area is 147 Å². The fourth-order valence-electron chi connectivity index (χ4n) is 1.86. The molecule has 5 nitrogen and oxygen atoms in total. The summed E-state index contributed by atoms with van der Waals surface area (Å²) >= 11 is 4.38. The van der Waals surface area contributed by atoms with Crippen molar-refractivity contribution in [3.8, 4) is 5.75 Å². The second-order valence-electron chi connectivity index (χ2n) is 4.76. The highest BCUT2D eigenvalue weighted by Gasteiger charge is 2.18. The summed E-state index contributed by atoms with van der Waals surface area (Å²) in [5.41, 5.74) is 0.891. The van der Waals surface area contributed by atoms with Crippen LogP contribution in [0.4, 0.5) is 0 Å². The molecule has 0 unspecified atom stereocenters. The maximum Gasteiger partial charge on any atom is 0.221 e. The first-order valence-electron chi connectivity index (χ1n) is 6.78. The highest BCUT2D eigenvalue weighted by Crippen LogP contribution is 2.27. The molecule has 1 heterocycles. The fourth-order valence-corrected chi connectivity index (χ4v) is 5.26. The molecule has 1 N–H and O–H groups in total. The van der Waals surface area contributed by atoms with Crippen LogP contribution in [0.15, 0.2) is 44.4 Å². The number of hydrogen-bond acceptors (Lipinski definition) is 5. The van der Waals surface area contributed by atoms with Crippen molar-refractivity contribution < 1.29 is 17.9 Å². The summed E-state index contributed by atoms with van der Waals surface area (Å²) in [5, 5.41) is 2.71. The van der Waals surface area contributed by atoms with E-state index in [1.807, 2.05) is 24.3 Å². The van der Waals surface area contributed by atoms with Crippen LogP contribution in [0.3, 0.4) is 0 Å². The van der Waals surface area contributed by atoms with Crippen molar-refractivity contribution in [2.75, 3.05) is 12.9 Å². The molecule has 23 heavy (non-hydrogen) atoms. The first-order chi connectivity index (χ1) is 10.9. The van der Waals surface area contributed by atoms with Crippen LogP contribution in [0.1, 0.15) is 12.0 Å². The van der Waals surface area contributed by atoms with E-state index in [1.54, 1.807) is 13.2 Å². The third kappa shape index (κ3) is 5.33. The van der Waals surface area contributed by atoms with Gasteiger partial charge >= 0.3 is 0 Å². The molecule has 124 valence electrons. The van der Waals surface area contributed by atoms with Gasteiger partial charge in [-0.25, -0.2) is 8.42 Å². The Morgan fingerprint density at radius 1 is 1.30 bits per heavy atom. The van der Waals surface area contributed by atoms with Gasteiger partial charge in [0.15, 0.2) is 9.84 Å².